The first-order valence-electron chi connectivity index (χ1n) is 7.18. The largest absolute Gasteiger partial charge is 0.378 e. The summed E-state index contributed by atoms with van der Waals surface area (Å²) in [6.07, 6.45) is 0. The molecule has 0 unspecified atom stereocenters. The van der Waals surface area contributed by atoms with Gasteiger partial charge in [0.05, 0.1) is 24.6 Å². The predicted molar refractivity (Wildman–Crippen MR) is 85.9 cm³/mol. The lowest BCUT2D eigenvalue weighted by Crippen LogP contribution is -2.37. The first kappa shape index (κ1) is 14.9. The fraction of sp³-hybridized carbons (Fsp3) is 0.562. The second-order valence-corrected chi connectivity index (χ2v) is 6.06. The summed E-state index contributed by atoms with van der Waals surface area (Å²) in [5.74, 6) is 0.998. The summed E-state index contributed by atoms with van der Waals surface area (Å²) < 4.78 is 5.43. The third-order valence-corrected chi connectivity index (χ3v) is 3.44. The Morgan fingerprint density at radius 2 is 1.85 bits per heavy atom. The Hall–Kier alpha value is -1.55. The van der Waals surface area contributed by atoms with Crippen LogP contribution in [0.5, 0.6) is 0 Å². The third kappa shape index (κ3) is 3.51. The van der Waals surface area contributed by atoms with Crippen LogP contribution in [0.15, 0.2) is 29.3 Å². The highest BCUT2D eigenvalue weighted by atomic mass is 16.5. The number of amidine groups is 1. The molecule has 0 atom stereocenters. The highest BCUT2D eigenvalue weighted by molar-refractivity contribution is 6.01. The first-order valence-corrected chi connectivity index (χ1v) is 7.18. The smallest absolute Gasteiger partial charge is 0.106 e. The minimum Gasteiger partial charge on any atom is -0.378 e. The van der Waals surface area contributed by atoms with Gasteiger partial charge in [0, 0.05) is 25.6 Å². The van der Waals surface area contributed by atoms with Crippen molar-refractivity contribution in [1.29, 1.82) is 0 Å². The van der Waals surface area contributed by atoms with Crippen LogP contribution in [0.1, 0.15) is 20.8 Å². The lowest BCUT2D eigenvalue weighted by atomic mass is 9.94. The van der Waals surface area contributed by atoms with Crippen molar-refractivity contribution < 1.29 is 4.74 Å². The number of hydrogen-bond acceptors (Lipinski definition) is 3. The molecule has 1 aromatic rings. The lowest BCUT2D eigenvalue weighted by Gasteiger charge is -2.32. The molecule has 0 saturated carbocycles. The Morgan fingerprint density at radius 3 is 2.45 bits per heavy atom. The van der Waals surface area contributed by atoms with Gasteiger partial charge < -0.3 is 15.0 Å². The van der Waals surface area contributed by atoms with Crippen LogP contribution in [-0.4, -0.2) is 39.2 Å². The van der Waals surface area contributed by atoms with E-state index in [9.17, 15) is 0 Å². The molecule has 0 amide bonds. The molecule has 1 aliphatic rings. The third-order valence-electron chi connectivity index (χ3n) is 3.44. The number of morpholine rings is 1. The van der Waals surface area contributed by atoms with E-state index in [1.807, 2.05) is 7.05 Å². The summed E-state index contributed by atoms with van der Waals surface area (Å²) in [6, 6.07) is 8.41. The number of ether oxygens (including phenoxy) is 1. The standard InChI is InChI=1S/C16H25N3O/c1-16(2,3)15(17-4)18-13-7-5-6-8-14(13)19-9-11-20-12-10-19/h5-8H,9-12H2,1-4H3,(H,17,18). The van der Waals surface area contributed by atoms with Crippen molar-refractivity contribution in [3.63, 3.8) is 0 Å². The molecule has 110 valence electrons. The zero-order chi connectivity index (χ0) is 14.6. The number of hydrogen-bond donors (Lipinski definition) is 1. The van der Waals surface area contributed by atoms with Crippen molar-refractivity contribution in [3.05, 3.63) is 24.3 Å². The van der Waals surface area contributed by atoms with Crippen molar-refractivity contribution in [2.24, 2.45) is 10.4 Å². The van der Waals surface area contributed by atoms with E-state index >= 15 is 0 Å². The zero-order valence-corrected chi connectivity index (χ0v) is 12.9. The number of nitrogens with one attached hydrogen (secondary N) is 1. The summed E-state index contributed by atoms with van der Waals surface area (Å²) in [7, 11) is 1.84. The van der Waals surface area contributed by atoms with Gasteiger partial charge in [-0.1, -0.05) is 32.9 Å². The van der Waals surface area contributed by atoms with Crippen LogP contribution >= 0.6 is 0 Å². The van der Waals surface area contributed by atoms with Crippen molar-refractivity contribution in [1.82, 2.24) is 0 Å². The van der Waals surface area contributed by atoms with Gasteiger partial charge in [0.15, 0.2) is 0 Å². The summed E-state index contributed by atoms with van der Waals surface area (Å²) in [6.45, 7) is 9.96. The van der Waals surface area contributed by atoms with Crippen molar-refractivity contribution in [3.8, 4) is 0 Å². The predicted octanol–water partition coefficient (Wildman–Crippen LogP) is 3.01. The fourth-order valence-corrected chi connectivity index (χ4v) is 2.37. The Morgan fingerprint density at radius 1 is 1.20 bits per heavy atom. The van der Waals surface area contributed by atoms with Crippen LogP contribution in [0, 0.1) is 5.41 Å². The normalized spacial score (nSPS) is 17.2. The van der Waals surface area contributed by atoms with Crippen molar-refractivity contribution in [2.75, 3.05) is 43.6 Å². The second kappa shape index (κ2) is 6.27. The Labute approximate surface area is 121 Å². The maximum Gasteiger partial charge on any atom is 0.106 e. The maximum atomic E-state index is 5.43. The van der Waals surface area contributed by atoms with E-state index < -0.39 is 0 Å². The molecule has 4 nitrogen and oxygen atoms in total. The molecule has 20 heavy (non-hydrogen) atoms. The molecule has 2 rings (SSSR count). The van der Waals surface area contributed by atoms with Gasteiger partial charge in [0.25, 0.3) is 0 Å². The molecule has 1 N–H and O–H groups in total. The first-order chi connectivity index (χ1) is 9.52. The summed E-state index contributed by atoms with van der Waals surface area (Å²) >= 11 is 0. The highest BCUT2D eigenvalue weighted by Crippen LogP contribution is 2.28. The quantitative estimate of drug-likeness (QED) is 0.666. The minimum absolute atomic E-state index is 0.00682. The van der Waals surface area contributed by atoms with E-state index in [-0.39, 0.29) is 5.41 Å². The topological polar surface area (TPSA) is 36.9 Å². The minimum atomic E-state index is 0.00682. The Kier molecular flexibility index (Phi) is 4.65. The van der Waals surface area contributed by atoms with Crippen LogP contribution in [0.4, 0.5) is 11.4 Å². The second-order valence-electron chi connectivity index (χ2n) is 6.06. The average molecular weight is 275 g/mol. The SMILES string of the molecule is CN=C(Nc1ccccc1N1CCOCC1)C(C)(C)C. The zero-order valence-electron chi connectivity index (χ0n) is 12.9. The molecule has 1 saturated heterocycles. The monoisotopic (exact) mass is 275 g/mol. The molecule has 0 radical (unpaired) electrons. The van der Waals surface area contributed by atoms with Crippen molar-refractivity contribution in [2.45, 2.75) is 20.8 Å². The summed E-state index contributed by atoms with van der Waals surface area (Å²) in [4.78, 5) is 6.77. The van der Waals surface area contributed by atoms with Crippen molar-refractivity contribution >= 4 is 17.2 Å². The molecule has 0 aliphatic carbocycles. The van der Waals surface area contributed by atoms with E-state index in [1.54, 1.807) is 0 Å². The molecular weight excluding hydrogens is 250 g/mol. The fourth-order valence-electron chi connectivity index (χ4n) is 2.37. The highest BCUT2D eigenvalue weighted by Gasteiger charge is 2.21. The lowest BCUT2D eigenvalue weighted by molar-refractivity contribution is 0.123. The molecule has 4 heteroatoms. The van der Waals surface area contributed by atoms with Crippen LogP contribution in [0.3, 0.4) is 0 Å². The summed E-state index contributed by atoms with van der Waals surface area (Å²) in [5.41, 5.74) is 2.35. The molecule has 0 bridgehead atoms. The Bertz CT molecular complexity index is 471. The van der Waals surface area contributed by atoms with Crippen LogP contribution in [-0.2, 0) is 4.74 Å². The van der Waals surface area contributed by atoms with E-state index in [4.69, 9.17) is 4.74 Å². The number of rotatable bonds is 2. The van der Waals surface area contributed by atoms with E-state index in [1.165, 1.54) is 5.69 Å². The van der Waals surface area contributed by atoms with Gasteiger partial charge >= 0.3 is 0 Å². The average Bonchev–Trinajstić information content (AvgIpc) is 2.45. The Balaban J connectivity index is 2.23. The molecule has 1 aliphatic heterocycles. The molecule has 1 heterocycles. The molecule has 1 fully saturated rings. The van der Waals surface area contributed by atoms with Gasteiger partial charge in [-0.15, -0.1) is 0 Å². The van der Waals surface area contributed by atoms with E-state index in [2.05, 4.69) is 60.2 Å². The molecule has 0 spiro atoms. The molecular formula is C16H25N3O. The number of para-hydroxylation sites is 2. The molecule has 1 aromatic carbocycles. The van der Waals surface area contributed by atoms with E-state index in [0.29, 0.717) is 0 Å². The molecule has 0 aromatic heterocycles. The maximum absolute atomic E-state index is 5.43. The van der Waals surface area contributed by atoms with Gasteiger partial charge in [0.1, 0.15) is 5.84 Å². The van der Waals surface area contributed by atoms with Gasteiger partial charge in [-0.25, -0.2) is 0 Å². The van der Waals surface area contributed by atoms with E-state index in [0.717, 1.165) is 37.8 Å². The summed E-state index contributed by atoms with van der Waals surface area (Å²) in [5, 5.41) is 3.50. The number of nitrogens with zero attached hydrogens (tertiary/aromatic N) is 2. The number of aliphatic imine (C=N–C) groups is 1. The van der Waals surface area contributed by atoms with Crippen LogP contribution < -0.4 is 10.2 Å². The number of anilines is 2. The van der Waals surface area contributed by atoms with Gasteiger partial charge in [-0.3, -0.25) is 4.99 Å². The van der Waals surface area contributed by atoms with Gasteiger partial charge in [0.2, 0.25) is 0 Å². The van der Waals surface area contributed by atoms with Crippen LogP contribution in [0.2, 0.25) is 0 Å². The van der Waals surface area contributed by atoms with Gasteiger partial charge in [-0.2, -0.15) is 0 Å². The van der Waals surface area contributed by atoms with Gasteiger partial charge in [-0.05, 0) is 12.1 Å². The number of benzene rings is 1. The van der Waals surface area contributed by atoms with Crippen LogP contribution in [0.25, 0.3) is 0 Å².